The second kappa shape index (κ2) is 7.16. The van der Waals surface area contributed by atoms with E-state index in [0.29, 0.717) is 23.6 Å². The highest BCUT2D eigenvalue weighted by Gasteiger charge is 2.07. The summed E-state index contributed by atoms with van der Waals surface area (Å²) in [6.45, 7) is 0. The van der Waals surface area contributed by atoms with E-state index in [2.05, 4.69) is 0 Å². The molecule has 1 aromatic rings. The molecule has 0 aliphatic carbocycles. The molecular formula is C12H15ClO3S2. The molecule has 0 fully saturated rings. The van der Waals surface area contributed by atoms with Crippen molar-refractivity contribution >= 4 is 39.0 Å². The molecule has 0 aromatic heterocycles. The van der Waals surface area contributed by atoms with Crippen LogP contribution < -0.4 is 0 Å². The van der Waals surface area contributed by atoms with Crippen molar-refractivity contribution in [2.45, 2.75) is 17.7 Å². The van der Waals surface area contributed by atoms with Gasteiger partial charge in [-0.25, -0.2) is 8.42 Å². The molecule has 0 amide bonds. The number of thioether (sulfide) groups is 1. The molecule has 0 saturated carbocycles. The monoisotopic (exact) mass is 306 g/mol. The number of benzene rings is 1. The minimum atomic E-state index is -2.97. The molecule has 0 bridgehead atoms. The van der Waals surface area contributed by atoms with Crippen LogP contribution >= 0.6 is 23.4 Å². The van der Waals surface area contributed by atoms with Gasteiger partial charge in [0.25, 0.3) is 0 Å². The first-order chi connectivity index (χ1) is 8.37. The van der Waals surface area contributed by atoms with Crippen LogP contribution in [0.2, 0.25) is 5.02 Å². The Kier molecular flexibility index (Phi) is 6.18. The second-order valence-corrected chi connectivity index (χ2v) is 7.76. The third-order valence-electron chi connectivity index (χ3n) is 2.17. The number of sulfone groups is 1. The predicted octanol–water partition coefficient (Wildman–Crippen LogP) is 2.83. The lowest BCUT2D eigenvalue weighted by Gasteiger charge is -2.02. The molecule has 0 aliphatic heterocycles. The highest BCUT2D eigenvalue weighted by molar-refractivity contribution is 8.00. The summed E-state index contributed by atoms with van der Waals surface area (Å²) in [5, 5.41) is 0.643. The van der Waals surface area contributed by atoms with Gasteiger partial charge < -0.3 is 0 Å². The van der Waals surface area contributed by atoms with Crippen molar-refractivity contribution in [2.24, 2.45) is 0 Å². The van der Waals surface area contributed by atoms with Crippen molar-refractivity contribution in [3.8, 4) is 0 Å². The zero-order chi connectivity index (χ0) is 13.6. The number of rotatable bonds is 7. The van der Waals surface area contributed by atoms with Gasteiger partial charge >= 0.3 is 0 Å². The van der Waals surface area contributed by atoms with Crippen LogP contribution in [0, 0.1) is 0 Å². The predicted molar refractivity (Wildman–Crippen MR) is 76.1 cm³/mol. The first-order valence-electron chi connectivity index (χ1n) is 5.44. The molecule has 0 atom stereocenters. The van der Waals surface area contributed by atoms with Crippen molar-refractivity contribution in [3.63, 3.8) is 0 Å². The lowest BCUT2D eigenvalue weighted by Crippen LogP contribution is -2.07. The van der Waals surface area contributed by atoms with Crippen molar-refractivity contribution < 1.29 is 13.2 Å². The minimum absolute atomic E-state index is 0.0589. The summed E-state index contributed by atoms with van der Waals surface area (Å²) >= 11 is 7.25. The molecule has 18 heavy (non-hydrogen) atoms. The van der Waals surface area contributed by atoms with Crippen LogP contribution in [0.25, 0.3) is 0 Å². The normalized spacial score (nSPS) is 11.4. The molecule has 1 aromatic carbocycles. The summed E-state index contributed by atoms with van der Waals surface area (Å²) in [4.78, 5) is 12.5. The van der Waals surface area contributed by atoms with Crippen LogP contribution in [0.1, 0.15) is 12.8 Å². The van der Waals surface area contributed by atoms with Gasteiger partial charge in [0.05, 0.1) is 11.5 Å². The minimum Gasteiger partial charge on any atom is -0.299 e. The molecule has 0 spiro atoms. The number of hydrogen-bond donors (Lipinski definition) is 0. The molecule has 0 radical (unpaired) electrons. The Morgan fingerprint density at radius 3 is 2.72 bits per heavy atom. The Morgan fingerprint density at radius 1 is 1.39 bits per heavy atom. The molecule has 6 heteroatoms. The molecule has 3 nitrogen and oxygen atoms in total. The highest BCUT2D eigenvalue weighted by Crippen LogP contribution is 2.21. The zero-order valence-corrected chi connectivity index (χ0v) is 12.4. The van der Waals surface area contributed by atoms with Crippen LogP contribution in [0.15, 0.2) is 29.2 Å². The fourth-order valence-corrected chi connectivity index (χ4v) is 3.11. The Labute approximate surface area is 117 Å². The van der Waals surface area contributed by atoms with Crippen LogP contribution in [0.3, 0.4) is 0 Å². The van der Waals surface area contributed by atoms with Crippen LogP contribution in [0.4, 0.5) is 0 Å². The Balaban J connectivity index is 2.29. The summed E-state index contributed by atoms with van der Waals surface area (Å²) < 4.78 is 21.8. The second-order valence-electron chi connectivity index (χ2n) is 4.02. The van der Waals surface area contributed by atoms with Crippen molar-refractivity contribution in [2.75, 3.05) is 17.8 Å². The first kappa shape index (κ1) is 15.5. The van der Waals surface area contributed by atoms with Gasteiger partial charge in [-0.05, 0) is 24.6 Å². The van der Waals surface area contributed by atoms with E-state index in [4.69, 9.17) is 11.6 Å². The lowest BCUT2D eigenvalue weighted by atomic mass is 10.2. The molecule has 1 rings (SSSR count). The number of carbonyl (C=O) groups excluding carboxylic acids is 1. The number of hydrogen-bond acceptors (Lipinski definition) is 4. The fraction of sp³-hybridized carbons (Fsp3) is 0.417. The molecular weight excluding hydrogens is 292 g/mol. The van der Waals surface area contributed by atoms with Gasteiger partial charge in [-0.3, -0.25) is 4.79 Å². The number of Topliss-reactive ketones (excluding diaryl/α,β-unsaturated/α-hetero) is 1. The maximum absolute atomic E-state index is 11.5. The van der Waals surface area contributed by atoms with Gasteiger partial charge in [0.1, 0.15) is 15.6 Å². The molecule has 100 valence electrons. The Bertz CT molecular complexity index is 512. The van der Waals surface area contributed by atoms with Crippen LogP contribution in [0.5, 0.6) is 0 Å². The first-order valence-corrected chi connectivity index (χ1v) is 8.87. The van der Waals surface area contributed by atoms with E-state index in [1.54, 1.807) is 12.1 Å². The summed E-state index contributed by atoms with van der Waals surface area (Å²) in [6, 6.07) is 7.30. The summed E-state index contributed by atoms with van der Waals surface area (Å²) in [6.07, 6.45) is 1.88. The summed E-state index contributed by atoms with van der Waals surface area (Å²) in [5.74, 6) is 0.480. The molecule has 0 unspecified atom stereocenters. The zero-order valence-electron chi connectivity index (χ0n) is 10.1. The van der Waals surface area contributed by atoms with Gasteiger partial charge in [-0.1, -0.05) is 17.7 Å². The van der Waals surface area contributed by atoms with Gasteiger partial charge in [0.15, 0.2) is 0 Å². The number of ketones is 1. The third kappa shape index (κ3) is 7.03. The van der Waals surface area contributed by atoms with E-state index in [1.165, 1.54) is 18.0 Å². The topological polar surface area (TPSA) is 51.2 Å². The van der Waals surface area contributed by atoms with E-state index in [9.17, 15) is 13.2 Å². The molecule has 0 aliphatic rings. The van der Waals surface area contributed by atoms with Crippen molar-refractivity contribution in [1.29, 1.82) is 0 Å². The Morgan fingerprint density at radius 2 is 2.11 bits per heavy atom. The van der Waals surface area contributed by atoms with Crippen molar-refractivity contribution in [3.05, 3.63) is 29.3 Å². The molecule has 0 saturated heterocycles. The van der Waals surface area contributed by atoms with Crippen LogP contribution in [-0.2, 0) is 14.6 Å². The van der Waals surface area contributed by atoms with E-state index in [0.717, 1.165) is 4.90 Å². The molecule has 0 N–H and O–H groups in total. The van der Waals surface area contributed by atoms with E-state index in [-0.39, 0.29) is 11.5 Å². The maximum atomic E-state index is 11.5. The largest absolute Gasteiger partial charge is 0.299 e. The van der Waals surface area contributed by atoms with Gasteiger partial charge in [-0.15, -0.1) is 11.8 Å². The maximum Gasteiger partial charge on any atom is 0.147 e. The van der Waals surface area contributed by atoms with Gasteiger partial charge in [-0.2, -0.15) is 0 Å². The van der Waals surface area contributed by atoms with Gasteiger partial charge in [0.2, 0.25) is 0 Å². The summed E-state index contributed by atoms with van der Waals surface area (Å²) in [5.41, 5.74) is 0. The average Bonchev–Trinajstić information content (AvgIpc) is 2.25. The summed E-state index contributed by atoms with van der Waals surface area (Å²) in [7, 11) is -2.97. The SMILES string of the molecule is CS(=O)(=O)CCCC(=O)CSc1cccc(Cl)c1. The standard InChI is InChI=1S/C12H15ClO3S2/c1-18(15,16)7-3-5-11(14)9-17-12-6-2-4-10(13)8-12/h2,4,6,8H,3,5,7,9H2,1H3. The average molecular weight is 307 g/mol. The Hall–Kier alpha value is -0.520. The third-order valence-corrected chi connectivity index (χ3v) is 4.49. The van der Waals surface area contributed by atoms with Crippen LogP contribution in [-0.4, -0.2) is 32.0 Å². The van der Waals surface area contributed by atoms with E-state index in [1.807, 2.05) is 12.1 Å². The van der Waals surface area contributed by atoms with Crippen molar-refractivity contribution in [1.82, 2.24) is 0 Å². The van der Waals surface area contributed by atoms with E-state index < -0.39 is 9.84 Å². The smallest absolute Gasteiger partial charge is 0.147 e. The molecule has 0 heterocycles. The lowest BCUT2D eigenvalue weighted by molar-refractivity contribution is -0.116. The fourth-order valence-electron chi connectivity index (χ4n) is 1.32. The highest BCUT2D eigenvalue weighted by atomic mass is 35.5. The van der Waals surface area contributed by atoms with Gasteiger partial charge in [0, 0.05) is 22.6 Å². The number of halogens is 1. The quantitative estimate of drug-likeness (QED) is 0.727. The van der Waals surface area contributed by atoms with E-state index >= 15 is 0 Å². The number of carbonyl (C=O) groups is 1.